The highest BCUT2D eigenvalue weighted by molar-refractivity contribution is 7.26. The van der Waals surface area contributed by atoms with Gasteiger partial charge in [0.1, 0.15) is 17.0 Å². The highest BCUT2D eigenvalue weighted by atomic mass is 32.1. The van der Waals surface area contributed by atoms with Gasteiger partial charge in [0.15, 0.2) is 0 Å². The fraction of sp³-hybridized carbons (Fsp3) is 0.412. The van der Waals surface area contributed by atoms with Crippen molar-refractivity contribution in [2.45, 2.75) is 26.7 Å². The van der Waals surface area contributed by atoms with Gasteiger partial charge in [-0.25, -0.2) is 15.0 Å². The van der Waals surface area contributed by atoms with Gasteiger partial charge in [-0.15, -0.1) is 11.3 Å². The number of aryl methyl sites for hydroxylation is 2. The Bertz CT molecular complexity index is 945. The van der Waals surface area contributed by atoms with E-state index in [0.29, 0.717) is 25.9 Å². The fourth-order valence-electron chi connectivity index (χ4n) is 3.46. The van der Waals surface area contributed by atoms with Gasteiger partial charge in [-0.05, 0) is 38.3 Å². The average molecular weight is 342 g/mol. The minimum absolute atomic E-state index is 0.243. The fourth-order valence-corrected chi connectivity index (χ4v) is 4.73. The number of aliphatic carboxylic acids is 1. The van der Waals surface area contributed by atoms with Crippen LogP contribution >= 0.6 is 11.3 Å². The number of carbonyl (C=O) groups is 1. The standard InChI is InChI=1S/C17H18N4O2S/c1-9-7-10(2)20-16-12(9)13-14(24-16)15(19-8-18-13)21-5-3-11(4-6-21)17(22)23/h7-8,11H,3-6H2,1-2H3,(H,22,23). The van der Waals surface area contributed by atoms with Crippen molar-refractivity contribution >= 4 is 43.6 Å². The van der Waals surface area contributed by atoms with Gasteiger partial charge < -0.3 is 10.0 Å². The molecule has 4 rings (SSSR count). The molecule has 0 atom stereocenters. The van der Waals surface area contributed by atoms with E-state index in [1.54, 1.807) is 17.7 Å². The molecule has 0 bridgehead atoms. The Kier molecular flexibility index (Phi) is 3.60. The van der Waals surface area contributed by atoms with Crippen molar-refractivity contribution in [1.29, 1.82) is 0 Å². The number of piperidine rings is 1. The molecule has 3 aromatic rings. The summed E-state index contributed by atoms with van der Waals surface area (Å²) in [7, 11) is 0. The quantitative estimate of drug-likeness (QED) is 0.771. The van der Waals surface area contributed by atoms with E-state index in [2.05, 4.69) is 32.8 Å². The Labute approximate surface area is 143 Å². The molecule has 1 aliphatic rings. The lowest BCUT2D eigenvalue weighted by Crippen LogP contribution is -2.36. The van der Waals surface area contributed by atoms with Gasteiger partial charge in [0.05, 0.1) is 16.1 Å². The zero-order valence-corrected chi connectivity index (χ0v) is 14.4. The predicted octanol–water partition coefficient (Wildman–Crippen LogP) is 3.16. The van der Waals surface area contributed by atoms with E-state index in [0.717, 1.165) is 31.9 Å². The van der Waals surface area contributed by atoms with E-state index in [-0.39, 0.29) is 5.92 Å². The number of rotatable bonds is 2. The van der Waals surface area contributed by atoms with E-state index in [1.165, 1.54) is 5.56 Å². The lowest BCUT2D eigenvalue weighted by molar-refractivity contribution is -0.142. The molecule has 6 nitrogen and oxygen atoms in total. The molecule has 1 N–H and O–H groups in total. The largest absolute Gasteiger partial charge is 0.481 e. The van der Waals surface area contributed by atoms with E-state index < -0.39 is 5.97 Å². The van der Waals surface area contributed by atoms with Crippen molar-refractivity contribution < 1.29 is 9.90 Å². The molecule has 0 aromatic carbocycles. The molecule has 24 heavy (non-hydrogen) atoms. The van der Waals surface area contributed by atoms with Crippen LogP contribution < -0.4 is 4.90 Å². The number of aromatic nitrogens is 3. The van der Waals surface area contributed by atoms with E-state index in [4.69, 9.17) is 5.11 Å². The van der Waals surface area contributed by atoms with Gasteiger partial charge in [0, 0.05) is 24.2 Å². The summed E-state index contributed by atoms with van der Waals surface area (Å²) >= 11 is 1.62. The van der Waals surface area contributed by atoms with Crippen molar-refractivity contribution in [3.63, 3.8) is 0 Å². The first kappa shape index (κ1) is 15.3. The summed E-state index contributed by atoms with van der Waals surface area (Å²) in [5.41, 5.74) is 3.13. The molecule has 0 radical (unpaired) electrons. The van der Waals surface area contributed by atoms with Crippen molar-refractivity contribution in [1.82, 2.24) is 15.0 Å². The second-order valence-electron chi connectivity index (χ2n) is 6.34. The van der Waals surface area contributed by atoms with Crippen molar-refractivity contribution in [3.8, 4) is 0 Å². The molecule has 0 amide bonds. The molecule has 0 unspecified atom stereocenters. The highest BCUT2D eigenvalue weighted by Crippen LogP contribution is 2.38. The van der Waals surface area contributed by atoms with Crippen LogP contribution in [0.3, 0.4) is 0 Å². The first-order valence-electron chi connectivity index (χ1n) is 8.04. The lowest BCUT2D eigenvalue weighted by Gasteiger charge is -2.31. The van der Waals surface area contributed by atoms with Crippen LogP contribution in [-0.2, 0) is 4.79 Å². The minimum atomic E-state index is -0.695. The molecule has 0 aliphatic carbocycles. The molecule has 7 heteroatoms. The molecular weight excluding hydrogens is 324 g/mol. The molecule has 1 fully saturated rings. The van der Waals surface area contributed by atoms with Crippen LogP contribution in [0.15, 0.2) is 12.4 Å². The van der Waals surface area contributed by atoms with Gasteiger partial charge in [-0.2, -0.15) is 0 Å². The summed E-state index contributed by atoms with van der Waals surface area (Å²) in [5, 5.41) is 10.3. The van der Waals surface area contributed by atoms with Crippen molar-refractivity contribution in [2.75, 3.05) is 18.0 Å². The third kappa shape index (κ3) is 2.39. The Hall–Kier alpha value is -2.28. The lowest BCUT2D eigenvalue weighted by atomic mass is 9.97. The zero-order valence-electron chi connectivity index (χ0n) is 13.6. The van der Waals surface area contributed by atoms with Crippen molar-refractivity contribution in [3.05, 3.63) is 23.7 Å². The van der Waals surface area contributed by atoms with Crippen LogP contribution in [-0.4, -0.2) is 39.1 Å². The smallest absolute Gasteiger partial charge is 0.306 e. The maximum absolute atomic E-state index is 11.1. The number of hydrogen-bond acceptors (Lipinski definition) is 6. The number of anilines is 1. The normalized spacial score (nSPS) is 16.2. The van der Waals surface area contributed by atoms with Gasteiger partial charge in [0.25, 0.3) is 0 Å². The summed E-state index contributed by atoms with van der Waals surface area (Å²) in [6.45, 7) is 5.51. The summed E-state index contributed by atoms with van der Waals surface area (Å²) in [5.74, 6) is -0.0314. The summed E-state index contributed by atoms with van der Waals surface area (Å²) in [6.07, 6.45) is 2.91. The Balaban J connectivity index is 1.80. The predicted molar refractivity (Wildman–Crippen MR) is 94.8 cm³/mol. The second-order valence-corrected chi connectivity index (χ2v) is 7.34. The van der Waals surface area contributed by atoms with Crippen molar-refractivity contribution in [2.24, 2.45) is 5.92 Å². The summed E-state index contributed by atoms with van der Waals surface area (Å²) in [4.78, 5) is 28.0. The van der Waals surface area contributed by atoms with E-state index in [1.807, 2.05) is 6.92 Å². The van der Waals surface area contributed by atoms with Gasteiger partial charge in [-0.1, -0.05) is 0 Å². The molecule has 3 aromatic heterocycles. The van der Waals surface area contributed by atoms with E-state index >= 15 is 0 Å². The summed E-state index contributed by atoms with van der Waals surface area (Å²) in [6, 6.07) is 2.08. The van der Waals surface area contributed by atoms with Gasteiger partial charge in [0.2, 0.25) is 0 Å². The number of hydrogen-bond donors (Lipinski definition) is 1. The first-order chi connectivity index (χ1) is 11.5. The maximum atomic E-state index is 11.1. The topological polar surface area (TPSA) is 79.2 Å². The molecule has 4 heterocycles. The molecule has 1 saturated heterocycles. The number of nitrogens with zero attached hydrogens (tertiary/aromatic N) is 4. The molecule has 1 aliphatic heterocycles. The van der Waals surface area contributed by atoms with Crippen LogP contribution in [0.1, 0.15) is 24.1 Å². The first-order valence-corrected chi connectivity index (χ1v) is 8.85. The van der Waals surface area contributed by atoms with Crippen LogP contribution in [0.25, 0.3) is 20.4 Å². The zero-order chi connectivity index (χ0) is 16.8. The second kappa shape index (κ2) is 5.66. The monoisotopic (exact) mass is 342 g/mol. The van der Waals surface area contributed by atoms with Crippen LogP contribution in [0.4, 0.5) is 5.82 Å². The summed E-state index contributed by atoms with van der Waals surface area (Å²) < 4.78 is 1.04. The van der Waals surface area contributed by atoms with Crippen LogP contribution in [0, 0.1) is 19.8 Å². The molecule has 0 saturated carbocycles. The van der Waals surface area contributed by atoms with Crippen LogP contribution in [0.5, 0.6) is 0 Å². The van der Waals surface area contributed by atoms with Gasteiger partial charge in [-0.3, -0.25) is 4.79 Å². The number of carboxylic acids is 1. The minimum Gasteiger partial charge on any atom is -0.481 e. The maximum Gasteiger partial charge on any atom is 0.306 e. The Morgan fingerprint density at radius 1 is 1.29 bits per heavy atom. The third-order valence-electron chi connectivity index (χ3n) is 4.68. The van der Waals surface area contributed by atoms with Crippen LogP contribution in [0.2, 0.25) is 0 Å². The number of fused-ring (bicyclic) bond motifs is 3. The molecule has 124 valence electrons. The Morgan fingerprint density at radius 3 is 2.75 bits per heavy atom. The van der Waals surface area contributed by atoms with E-state index in [9.17, 15) is 4.79 Å². The van der Waals surface area contributed by atoms with Gasteiger partial charge >= 0.3 is 5.97 Å². The Morgan fingerprint density at radius 2 is 2.04 bits per heavy atom. The highest BCUT2D eigenvalue weighted by Gasteiger charge is 2.27. The molecule has 0 spiro atoms. The number of pyridine rings is 1. The third-order valence-corrected chi connectivity index (χ3v) is 5.74. The SMILES string of the molecule is Cc1cc(C)c2c(n1)sc1c(N3CCC(C(=O)O)CC3)ncnc12. The number of thiophene rings is 1. The average Bonchev–Trinajstić information content (AvgIpc) is 2.93. The number of carboxylic acid groups (broad SMARTS) is 1. The molecular formula is C17H18N4O2S.